The van der Waals surface area contributed by atoms with Gasteiger partial charge in [0.2, 0.25) is 5.91 Å². The van der Waals surface area contributed by atoms with Crippen molar-refractivity contribution in [3.05, 3.63) is 58.3 Å². The molecule has 0 saturated carbocycles. The first-order valence-corrected chi connectivity index (χ1v) is 9.05. The third-order valence-corrected chi connectivity index (χ3v) is 4.98. The lowest BCUT2D eigenvalue weighted by atomic mass is 10.1. The highest BCUT2D eigenvalue weighted by molar-refractivity contribution is 7.09. The van der Waals surface area contributed by atoms with Crippen LogP contribution >= 0.6 is 11.3 Å². The molecule has 0 saturated heterocycles. The number of carbonyl (C=O) groups is 1. The molecule has 130 valence electrons. The van der Waals surface area contributed by atoms with E-state index in [2.05, 4.69) is 25.8 Å². The summed E-state index contributed by atoms with van der Waals surface area (Å²) in [7, 11) is 0. The molecule has 2 heterocycles. The average molecular weight is 356 g/mol. The van der Waals surface area contributed by atoms with Gasteiger partial charge in [0, 0.05) is 17.8 Å². The summed E-state index contributed by atoms with van der Waals surface area (Å²) >= 11 is 1.66. The summed E-state index contributed by atoms with van der Waals surface area (Å²) in [5.41, 5.74) is 4.00. The number of hydrogen-bond donors (Lipinski definition) is 1. The van der Waals surface area contributed by atoms with Crippen molar-refractivity contribution in [2.24, 2.45) is 0 Å². The van der Waals surface area contributed by atoms with Crippen LogP contribution in [0.4, 0.5) is 0 Å². The highest BCUT2D eigenvalue weighted by Gasteiger charge is 2.21. The molecule has 0 radical (unpaired) electrons. The molecule has 25 heavy (non-hydrogen) atoms. The van der Waals surface area contributed by atoms with Gasteiger partial charge in [-0.05, 0) is 35.8 Å². The molecule has 0 aliphatic heterocycles. The Balaban J connectivity index is 1.57. The van der Waals surface area contributed by atoms with E-state index >= 15 is 0 Å². The van der Waals surface area contributed by atoms with Gasteiger partial charge in [-0.15, -0.1) is 16.4 Å². The second kappa shape index (κ2) is 8.48. The first kappa shape index (κ1) is 17.2. The van der Waals surface area contributed by atoms with Gasteiger partial charge in [0.25, 0.3) is 0 Å². The zero-order chi connectivity index (χ0) is 17.5. The predicted octanol–water partition coefficient (Wildman–Crippen LogP) is 1.97. The van der Waals surface area contributed by atoms with Crippen molar-refractivity contribution in [2.75, 3.05) is 6.54 Å². The van der Waals surface area contributed by atoms with Crippen molar-refractivity contribution in [1.29, 1.82) is 0 Å². The summed E-state index contributed by atoms with van der Waals surface area (Å²) in [5.74, 6) is -0.0721. The summed E-state index contributed by atoms with van der Waals surface area (Å²) in [6.07, 6.45) is 3.83. The number of amides is 1. The monoisotopic (exact) mass is 356 g/mol. The van der Waals surface area contributed by atoms with Gasteiger partial charge in [-0.1, -0.05) is 30.3 Å². The molecule has 0 fully saturated rings. The summed E-state index contributed by atoms with van der Waals surface area (Å²) in [4.78, 5) is 18.2. The number of nitrogens with one attached hydrogen (secondary N) is 1. The smallest absolute Gasteiger partial charge is 0.245 e. The Labute approximate surface area is 150 Å². The second-order valence-electron chi connectivity index (χ2n) is 5.75. The van der Waals surface area contributed by atoms with Gasteiger partial charge >= 0.3 is 0 Å². The third kappa shape index (κ3) is 4.69. The molecule has 0 spiro atoms. The predicted molar refractivity (Wildman–Crippen MR) is 95.2 cm³/mol. The molecular formula is C17H20N6OS. The van der Waals surface area contributed by atoms with Gasteiger partial charge in [0.05, 0.1) is 11.2 Å². The number of carbonyl (C=O) groups excluding carboxylic acids is 1. The maximum absolute atomic E-state index is 12.6. The van der Waals surface area contributed by atoms with Crippen LogP contribution in [-0.2, 0) is 17.6 Å². The maximum atomic E-state index is 12.6. The lowest BCUT2D eigenvalue weighted by Crippen LogP contribution is -2.35. The van der Waals surface area contributed by atoms with E-state index in [9.17, 15) is 4.79 Å². The Bertz CT molecular complexity index is 787. The molecule has 1 aromatic carbocycles. The summed E-state index contributed by atoms with van der Waals surface area (Å²) < 4.78 is 1.51. The number of rotatable bonds is 8. The quantitative estimate of drug-likeness (QED) is 0.624. The topological polar surface area (TPSA) is 85.6 Å². The molecular weight excluding hydrogens is 336 g/mol. The minimum Gasteiger partial charge on any atom is -0.354 e. The fraction of sp³-hybridized carbons (Fsp3) is 0.353. The molecule has 3 aromatic rings. The van der Waals surface area contributed by atoms with Crippen molar-refractivity contribution < 1.29 is 4.79 Å². The number of benzene rings is 1. The van der Waals surface area contributed by atoms with Crippen LogP contribution in [0.1, 0.15) is 28.6 Å². The van der Waals surface area contributed by atoms with Gasteiger partial charge in [0.15, 0.2) is 0 Å². The fourth-order valence-corrected chi connectivity index (χ4v) is 3.42. The van der Waals surface area contributed by atoms with Crippen LogP contribution in [0.2, 0.25) is 0 Å². The first-order valence-electron chi connectivity index (χ1n) is 8.17. The number of thiazole rings is 1. The van der Waals surface area contributed by atoms with Crippen LogP contribution in [0.25, 0.3) is 0 Å². The van der Waals surface area contributed by atoms with Gasteiger partial charge < -0.3 is 5.32 Å². The van der Waals surface area contributed by atoms with Crippen molar-refractivity contribution in [3.8, 4) is 0 Å². The lowest BCUT2D eigenvalue weighted by Gasteiger charge is -2.16. The Morgan fingerprint density at radius 1 is 1.32 bits per heavy atom. The van der Waals surface area contributed by atoms with E-state index in [1.165, 1.54) is 15.9 Å². The standard InChI is InChI=1S/C17H20N6OS/c1-13-16(25-12-19-13)8-5-9-18-17(24)15(23-11-20-21-22-23)10-14-6-3-2-4-7-14/h2-4,6-7,11-12,15H,5,8-10H2,1H3,(H,18,24)/t15-/m1/s1. The van der Waals surface area contributed by atoms with Crippen LogP contribution in [0.3, 0.4) is 0 Å². The number of aromatic nitrogens is 5. The number of tetrazole rings is 1. The van der Waals surface area contributed by atoms with E-state index in [1.807, 2.05) is 42.8 Å². The third-order valence-electron chi connectivity index (χ3n) is 3.98. The zero-order valence-electron chi connectivity index (χ0n) is 14.0. The molecule has 0 aliphatic carbocycles. The number of nitrogens with zero attached hydrogens (tertiary/aromatic N) is 5. The van der Waals surface area contributed by atoms with E-state index in [0.717, 1.165) is 24.1 Å². The Kier molecular flexibility index (Phi) is 5.84. The van der Waals surface area contributed by atoms with Crippen molar-refractivity contribution in [2.45, 2.75) is 32.2 Å². The second-order valence-corrected chi connectivity index (χ2v) is 6.69. The van der Waals surface area contributed by atoms with E-state index in [-0.39, 0.29) is 5.91 Å². The van der Waals surface area contributed by atoms with E-state index in [0.29, 0.717) is 13.0 Å². The van der Waals surface area contributed by atoms with E-state index in [1.54, 1.807) is 11.3 Å². The molecule has 2 aromatic heterocycles. The molecule has 1 N–H and O–H groups in total. The van der Waals surface area contributed by atoms with Gasteiger partial charge in [0.1, 0.15) is 12.4 Å². The zero-order valence-corrected chi connectivity index (χ0v) is 14.8. The lowest BCUT2D eigenvalue weighted by molar-refractivity contribution is -0.124. The number of hydrogen-bond acceptors (Lipinski definition) is 6. The Morgan fingerprint density at radius 2 is 2.16 bits per heavy atom. The molecule has 0 bridgehead atoms. The minimum atomic E-state index is -0.456. The highest BCUT2D eigenvalue weighted by atomic mass is 32.1. The summed E-state index contributed by atoms with van der Waals surface area (Å²) in [5, 5.41) is 14.2. The van der Waals surface area contributed by atoms with Crippen LogP contribution in [-0.4, -0.2) is 37.6 Å². The summed E-state index contributed by atoms with van der Waals surface area (Å²) in [6, 6.07) is 9.41. The maximum Gasteiger partial charge on any atom is 0.245 e. The van der Waals surface area contributed by atoms with Crippen LogP contribution in [0.5, 0.6) is 0 Å². The molecule has 0 unspecified atom stereocenters. The molecule has 1 amide bonds. The van der Waals surface area contributed by atoms with E-state index < -0.39 is 6.04 Å². The SMILES string of the molecule is Cc1ncsc1CCCNC(=O)[C@@H](Cc1ccccc1)n1cnnn1. The van der Waals surface area contributed by atoms with Gasteiger partial charge in [-0.25, -0.2) is 9.67 Å². The molecule has 0 aliphatic rings. The van der Waals surface area contributed by atoms with Crippen LogP contribution in [0.15, 0.2) is 42.2 Å². The van der Waals surface area contributed by atoms with Gasteiger partial charge in [-0.3, -0.25) is 4.79 Å². The van der Waals surface area contributed by atoms with Crippen molar-refractivity contribution >= 4 is 17.2 Å². The minimum absolute atomic E-state index is 0.0721. The van der Waals surface area contributed by atoms with E-state index in [4.69, 9.17) is 0 Å². The molecule has 1 atom stereocenters. The van der Waals surface area contributed by atoms with Gasteiger partial charge in [-0.2, -0.15) is 0 Å². The Morgan fingerprint density at radius 3 is 2.84 bits per heavy atom. The largest absolute Gasteiger partial charge is 0.354 e. The normalized spacial score (nSPS) is 12.0. The Hall–Kier alpha value is -2.61. The van der Waals surface area contributed by atoms with Crippen molar-refractivity contribution in [3.63, 3.8) is 0 Å². The van der Waals surface area contributed by atoms with Crippen LogP contribution in [0, 0.1) is 6.92 Å². The van der Waals surface area contributed by atoms with Crippen molar-refractivity contribution in [1.82, 2.24) is 30.5 Å². The molecule has 8 heteroatoms. The van der Waals surface area contributed by atoms with Crippen LogP contribution < -0.4 is 5.32 Å². The first-order chi connectivity index (χ1) is 12.2. The fourth-order valence-electron chi connectivity index (χ4n) is 2.60. The molecule has 7 nitrogen and oxygen atoms in total. The number of aryl methyl sites for hydroxylation is 2. The average Bonchev–Trinajstić information content (AvgIpc) is 3.29. The molecule has 3 rings (SSSR count). The summed E-state index contributed by atoms with van der Waals surface area (Å²) in [6.45, 7) is 2.63. The highest BCUT2D eigenvalue weighted by Crippen LogP contribution is 2.15.